The molecule has 1 saturated heterocycles. The maximum Gasteiger partial charge on any atom is 0.314 e. The number of urea groups is 1. The molecular formula is C12H17N7O5. The normalized spacial score (nSPS) is 26.6. The number of nitrogens with zero attached hydrogens (tertiary/aromatic N) is 3. The van der Waals surface area contributed by atoms with Gasteiger partial charge in [0.25, 0.3) is 5.56 Å². The second-order valence-electron chi connectivity index (χ2n) is 5.28. The first kappa shape index (κ1) is 16.2. The minimum atomic E-state index is -1.30. The molecule has 130 valence electrons. The number of anilines is 1. The molecule has 24 heavy (non-hydrogen) atoms. The van der Waals surface area contributed by atoms with Crippen LogP contribution in [-0.4, -0.2) is 67.7 Å². The van der Waals surface area contributed by atoms with Crippen LogP contribution in [0, 0.1) is 0 Å². The number of imidazole rings is 1. The van der Waals surface area contributed by atoms with Crippen LogP contribution in [0.15, 0.2) is 11.1 Å². The van der Waals surface area contributed by atoms with Crippen molar-refractivity contribution in [1.82, 2.24) is 30.2 Å². The SMILES string of the molecule is CNC(=O)NCC1OC(n2cnc3c(=O)[nH]c(N)nc32)C(O)C1O. The summed E-state index contributed by atoms with van der Waals surface area (Å²) in [5, 5.41) is 25.2. The van der Waals surface area contributed by atoms with Gasteiger partial charge in [0.1, 0.15) is 18.3 Å². The Morgan fingerprint density at radius 3 is 2.96 bits per heavy atom. The van der Waals surface area contributed by atoms with Crippen molar-refractivity contribution in [2.24, 2.45) is 0 Å². The van der Waals surface area contributed by atoms with Gasteiger partial charge < -0.3 is 31.3 Å². The van der Waals surface area contributed by atoms with Gasteiger partial charge in [-0.05, 0) is 0 Å². The van der Waals surface area contributed by atoms with E-state index in [-0.39, 0.29) is 23.7 Å². The average Bonchev–Trinajstić information content (AvgIpc) is 3.08. The smallest absolute Gasteiger partial charge is 0.314 e. The molecule has 4 atom stereocenters. The lowest BCUT2D eigenvalue weighted by Gasteiger charge is -2.16. The van der Waals surface area contributed by atoms with Crippen molar-refractivity contribution in [2.75, 3.05) is 19.3 Å². The minimum absolute atomic E-state index is 0.0167. The molecule has 12 heteroatoms. The summed E-state index contributed by atoms with van der Waals surface area (Å²) < 4.78 is 6.91. The first-order valence-electron chi connectivity index (χ1n) is 7.12. The number of aliphatic hydroxyl groups excluding tert-OH is 2. The standard InChI is InChI=1S/C12H17N7O5/c1-14-12(23)15-2-4-6(20)7(21)10(24-4)19-3-16-5-8(19)17-11(13)18-9(5)22/h3-4,6-7,10,20-21H,2H2,1H3,(H2,14,15,23)(H3,13,17,18,22). The number of ether oxygens (including phenoxy) is 1. The third kappa shape index (κ3) is 2.66. The predicted octanol–water partition coefficient (Wildman–Crippen LogP) is -2.75. The Hall–Kier alpha value is -2.70. The van der Waals surface area contributed by atoms with Crippen molar-refractivity contribution in [2.45, 2.75) is 24.5 Å². The monoisotopic (exact) mass is 339 g/mol. The van der Waals surface area contributed by atoms with E-state index >= 15 is 0 Å². The van der Waals surface area contributed by atoms with Gasteiger partial charge in [0.2, 0.25) is 5.95 Å². The molecule has 0 saturated carbocycles. The summed E-state index contributed by atoms with van der Waals surface area (Å²) in [6.45, 7) is -0.0167. The summed E-state index contributed by atoms with van der Waals surface area (Å²) in [6.07, 6.45) is -3.17. The first-order valence-corrected chi connectivity index (χ1v) is 7.12. The zero-order valence-electron chi connectivity index (χ0n) is 12.6. The van der Waals surface area contributed by atoms with Gasteiger partial charge in [-0.1, -0.05) is 0 Å². The van der Waals surface area contributed by atoms with E-state index in [0.717, 1.165) is 0 Å². The van der Waals surface area contributed by atoms with Crippen LogP contribution in [-0.2, 0) is 4.74 Å². The number of fused-ring (bicyclic) bond motifs is 1. The molecule has 7 N–H and O–H groups in total. The number of hydrogen-bond acceptors (Lipinski definition) is 8. The Balaban J connectivity index is 1.87. The first-order chi connectivity index (χ1) is 11.4. The van der Waals surface area contributed by atoms with Crippen molar-refractivity contribution >= 4 is 23.1 Å². The molecule has 0 radical (unpaired) electrons. The Bertz CT molecular complexity index is 818. The largest absolute Gasteiger partial charge is 0.387 e. The lowest BCUT2D eigenvalue weighted by atomic mass is 10.1. The maximum absolute atomic E-state index is 11.8. The highest BCUT2D eigenvalue weighted by Gasteiger charge is 2.44. The lowest BCUT2D eigenvalue weighted by molar-refractivity contribution is -0.0335. The fraction of sp³-hybridized carbons (Fsp3) is 0.500. The van der Waals surface area contributed by atoms with Crippen LogP contribution in [0.5, 0.6) is 0 Å². The zero-order chi connectivity index (χ0) is 17.4. The molecule has 3 heterocycles. The molecule has 1 aliphatic rings. The van der Waals surface area contributed by atoms with Crippen molar-refractivity contribution in [3.63, 3.8) is 0 Å². The number of hydrogen-bond donors (Lipinski definition) is 6. The highest BCUT2D eigenvalue weighted by Crippen LogP contribution is 2.30. The highest BCUT2D eigenvalue weighted by molar-refractivity contribution is 5.73. The summed E-state index contributed by atoms with van der Waals surface area (Å²) in [7, 11) is 1.45. The van der Waals surface area contributed by atoms with E-state index < -0.39 is 36.1 Å². The second kappa shape index (κ2) is 6.07. The molecule has 1 fully saturated rings. The molecule has 0 bridgehead atoms. The molecular weight excluding hydrogens is 322 g/mol. The summed E-state index contributed by atoms with van der Waals surface area (Å²) in [4.78, 5) is 33.2. The fourth-order valence-electron chi connectivity index (χ4n) is 2.54. The Kier molecular flexibility index (Phi) is 4.09. The number of H-pyrrole nitrogens is 1. The third-order valence-corrected chi connectivity index (χ3v) is 3.75. The van der Waals surface area contributed by atoms with Crippen LogP contribution in [0.25, 0.3) is 11.2 Å². The summed E-state index contributed by atoms with van der Waals surface area (Å²) >= 11 is 0. The van der Waals surface area contributed by atoms with Crippen molar-refractivity contribution in [1.29, 1.82) is 0 Å². The van der Waals surface area contributed by atoms with Gasteiger partial charge >= 0.3 is 6.03 Å². The maximum atomic E-state index is 11.8. The molecule has 4 unspecified atom stereocenters. The van der Waals surface area contributed by atoms with Crippen LogP contribution >= 0.6 is 0 Å². The number of aromatic amines is 1. The number of rotatable bonds is 3. The second-order valence-corrected chi connectivity index (χ2v) is 5.28. The predicted molar refractivity (Wildman–Crippen MR) is 80.9 cm³/mol. The Labute approximate surface area is 134 Å². The minimum Gasteiger partial charge on any atom is -0.387 e. The van der Waals surface area contributed by atoms with Crippen molar-refractivity contribution in [3.05, 3.63) is 16.7 Å². The molecule has 1 aliphatic heterocycles. The lowest BCUT2D eigenvalue weighted by Crippen LogP contribution is -2.42. The number of nitrogen functional groups attached to an aromatic ring is 1. The number of amides is 2. The van der Waals surface area contributed by atoms with Gasteiger partial charge in [0.05, 0.1) is 6.33 Å². The molecule has 2 aromatic rings. The van der Waals surface area contributed by atoms with Crippen LogP contribution in [0.2, 0.25) is 0 Å². The molecule has 2 amide bonds. The van der Waals surface area contributed by atoms with Gasteiger partial charge in [-0.25, -0.2) is 9.78 Å². The van der Waals surface area contributed by atoms with Crippen LogP contribution in [0.1, 0.15) is 6.23 Å². The van der Waals surface area contributed by atoms with E-state index in [9.17, 15) is 19.8 Å². The molecule has 0 aromatic carbocycles. The average molecular weight is 339 g/mol. The number of nitrogens with two attached hydrogens (primary N) is 1. The van der Waals surface area contributed by atoms with Gasteiger partial charge in [-0.15, -0.1) is 0 Å². The highest BCUT2D eigenvalue weighted by atomic mass is 16.6. The van der Waals surface area contributed by atoms with Crippen LogP contribution < -0.4 is 21.9 Å². The summed E-state index contributed by atoms with van der Waals surface area (Å²) in [5.41, 5.74) is 5.14. The van der Waals surface area contributed by atoms with E-state index in [4.69, 9.17) is 10.5 Å². The zero-order valence-corrected chi connectivity index (χ0v) is 12.6. The summed E-state index contributed by atoms with van der Waals surface area (Å²) in [5.74, 6) is -0.111. The fourth-order valence-corrected chi connectivity index (χ4v) is 2.54. The van der Waals surface area contributed by atoms with Gasteiger partial charge in [0.15, 0.2) is 17.4 Å². The van der Waals surface area contributed by atoms with Gasteiger partial charge in [-0.3, -0.25) is 14.3 Å². The van der Waals surface area contributed by atoms with Crippen LogP contribution in [0.4, 0.5) is 10.7 Å². The number of carbonyl (C=O) groups excluding carboxylic acids is 1. The molecule has 3 rings (SSSR count). The van der Waals surface area contributed by atoms with Gasteiger partial charge in [-0.2, -0.15) is 4.98 Å². The Morgan fingerprint density at radius 2 is 2.25 bits per heavy atom. The van der Waals surface area contributed by atoms with E-state index in [1.165, 1.54) is 17.9 Å². The van der Waals surface area contributed by atoms with E-state index in [1.807, 2.05) is 0 Å². The number of carbonyl (C=O) groups is 1. The number of aliphatic hydroxyl groups is 2. The molecule has 2 aromatic heterocycles. The van der Waals surface area contributed by atoms with E-state index in [2.05, 4.69) is 25.6 Å². The summed E-state index contributed by atoms with van der Waals surface area (Å²) in [6, 6.07) is -0.446. The number of nitrogens with one attached hydrogen (secondary N) is 3. The third-order valence-electron chi connectivity index (χ3n) is 3.75. The quantitative estimate of drug-likeness (QED) is 0.348. The number of aromatic nitrogens is 4. The van der Waals surface area contributed by atoms with E-state index in [0.29, 0.717) is 0 Å². The van der Waals surface area contributed by atoms with Crippen LogP contribution in [0.3, 0.4) is 0 Å². The molecule has 12 nitrogen and oxygen atoms in total. The van der Waals surface area contributed by atoms with Crippen molar-refractivity contribution < 1.29 is 19.7 Å². The Morgan fingerprint density at radius 1 is 1.50 bits per heavy atom. The van der Waals surface area contributed by atoms with Crippen molar-refractivity contribution in [3.8, 4) is 0 Å². The van der Waals surface area contributed by atoms with Gasteiger partial charge in [0, 0.05) is 13.6 Å². The van der Waals surface area contributed by atoms with E-state index in [1.54, 1.807) is 0 Å². The molecule has 0 aliphatic carbocycles. The topological polar surface area (TPSA) is 180 Å². The molecule has 0 spiro atoms.